The minimum Gasteiger partial charge on any atom is -0.469 e. The largest absolute Gasteiger partial charge is 0.469 e. The number of ether oxygens (including phenoxy) is 1. The maximum absolute atomic E-state index is 11.2. The van der Waals surface area contributed by atoms with E-state index in [2.05, 4.69) is 30.0 Å². The molecule has 1 rings (SSSR count). The number of nitrogens with one attached hydrogen (secondary N) is 1. The molecular formula is C14H23NO2S. The van der Waals surface area contributed by atoms with Gasteiger partial charge in [-0.3, -0.25) is 4.79 Å². The highest BCUT2D eigenvalue weighted by molar-refractivity contribution is 7.12. The molecule has 4 heteroatoms. The molecule has 18 heavy (non-hydrogen) atoms. The predicted molar refractivity (Wildman–Crippen MR) is 75.9 cm³/mol. The van der Waals surface area contributed by atoms with E-state index in [0.29, 0.717) is 12.5 Å². The summed E-state index contributed by atoms with van der Waals surface area (Å²) in [5.41, 5.74) is 0. The van der Waals surface area contributed by atoms with Crippen molar-refractivity contribution in [3.8, 4) is 0 Å². The van der Waals surface area contributed by atoms with Crippen LogP contribution in [0, 0.1) is 0 Å². The van der Waals surface area contributed by atoms with Gasteiger partial charge in [-0.15, -0.1) is 11.3 Å². The lowest BCUT2D eigenvalue weighted by atomic mass is 10.1. The SMILES string of the molecule is CCCC(CC)NCc1ccc(CC(=O)OC)s1. The predicted octanol–water partition coefficient (Wildman–Crippen LogP) is 3.13. The third kappa shape index (κ3) is 5.19. The van der Waals surface area contributed by atoms with E-state index in [4.69, 9.17) is 0 Å². The van der Waals surface area contributed by atoms with Crippen LogP contribution in [0.4, 0.5) is 0 Å². The van der Waals surface area contributed by atoms with Crippen LogP contribution >= 0.6 is 11.3 Å². The van der Waals surface area contributed by atoms with Crippen LogP contribution in [0.3, 0.4) is 0 Å². The van der Waals surface area contributed by atoms with Crippen molar-refractivity contribution in [1.29, 1.82) is 0 Å². The summed E-state index contributed by atoms with van der Waals surface area (Å²) in [7, 11) is 1.43. The molecule has 0 aliphatic rings. The molecule has 0 saturated heterocycles. The maximum atomic E-state index is 11.2. The Morgan fingerprint density at radius 1 is 1.39 bits per heavy atom. The summed E-state index contributed by atoms with van der Waals surface area (Å²) < 4.78 is 4.66. The first-order valence-electron chi connectivity index (χ1n) is 6.57. The molecule has 1 N–H and O–H groups in total. The van der Waals surface area contributed by atoms with Crippen molar-refractivity contribution in [1.82, 2.24) is 5.32 Å². The fourth-order valence-corrected chi connectivity index (χ4v) is 2.83. The molecule has 0 radical (unpaired) electrons. The standard InChI is InChI=1S/C14H23NO2S/c1-4-6-11(5-2)15-10-13-8-7-12(18-13)9-14(16)17-3/h7-8,11,15H,4-6,9-10H2,1-3H3. The molecule has 0 bridgehead atoms. The van der Waals surface area contributed by atoms with E-state index < -0.39 is 0 Å². The molecule has 0 saturated carbocycles. The van der Waals surface area contributed by atoms with Gasteiger partial charge < -0.3 is 10.1 Å². The van der Waals surface area contributed by atoms with Gasteiger partial charge in [-0.2, -0.15) is 0 Å². The first-order valence-corrected chi connectivity index (χ1v) is 7.39. The van der Waals surface area contributed by atoms with Gasteiger partial charge in [0.15, 0.2) is 0 Å². The van der Waals surface area contributed by atoms with Gasteiger partial charge in [-0.05, 0) is 25.0 Å². The Kier molecular flexibility index (Phi) is 6.98. The number of hydrogen-bond acceptors (Lipinski definition) is 4. The lowest BCUT2D eigenvalue weighted by Crippen LogP contribution is -2.27. The second-order valence-electron chi connectivity index (χ2n) is 4.40. The average molecular weight is 269 g/mol. The molecule has 0 aliphatic heterocycles. The highest BCUT2D eigenvalue weighted by atomic mass is 32.1. The monoisotopic (exact) mass is 269 g/mol. The Labute approximate surface area is 114 Å². The van der Waals surface area contributed by atoms with Crippen LogP contribution in [-0.2, 0) is 22.5 Å². The molecule has 0 fully saturated rings. The fraction of sp³-hybridized carbons (Fsp3) is 0.643. The first-order chi connectivity index (χ1) is 8.69. The second kappa shape index (κ2) is 8.27. The van der Waals surface area contributed by atoms with Crippen LogP contribution in [0.1, 0.15) is 42.9 Å². The lowest BCUT2D eigenvalue weighted by Gasteiger charge is -2.14. The quantitative estimate of drug-likeness (QED) is 0.737. The van der Waals surface area contributed by atoms with Crippen molar-refractivity contribution in [2.24, 2.45) is 0 Å². The summed E-state index contributed by atoms with van der Waals surface area (Å²) in [4.78, 5) is 13.5. The maximum Gasteiger partial charge on any atom is 0.310 e. The summed E-state index contributed by atoms with van der Waals surface area (Å²) in [5, 5.41) is 3.56. The van der Waals surface area contributed by atoms with E-state index in [1.165, 1.54) is 24.8 Å². The number of carbonyl (C=O) groups excluding carboxylic acids is 1. The molecule has 1 atom stereocenters. The van der Waals surface area contributed by atoms with Gasteiger partial charge in [0.25, 0.3) is 0 Å². The first kappa shape index (κ1) is 15.2. The summed E-state index contributed by atoms with van der Waals surface area (Å²) in [6.07, 6.45) is 3.97. The van der Waals surface area contributed by atoms with Crippen molar-refractivity contribution >= 4 is 17.3 Å². The van der Waals surface area contributed by atoms with Crippen molar-refractivity contribution in [3.05, 3.63) is 21.9 Å². The average Bonchev–Trinajstić information content (AvgIpc) is 2.81. The van der Waals surface area contributed by atoms with Crippen molar-refractivity contribution < 1.29 is 9.53 Å². The van der Waals surface area contributed by atoms with Crippen LogP contribution in [-0.4, -0.2) is 19.1 Å². The Bertz CT molecular complexity index is 362. The second-order valence-corrected chi connectivity index (χ2v) is 5.65. The van der Waals surface area contributed by atoms with E-state index in [0.717, 1.165) is 17.8 Å². The van der Waals surface area contributed by atoms with Crippen molar-refractivity contribution in [3.63, 3.8) is 0 Å². The van der Waals surface area contributed by atoms with Gasteiger partial charge in [0.05, 0.1) is 13.5 Å². The van der Waals surface area contributed by atoms with Crippen LogP contribution in [0.5, 0.6) is 0 Å². The van der Waals surface area contributed by atoms with E-state index in [1.807, 2.05) is 6.07 Å². The van der Waals surface area contributed by atoms with Gasteiger partial charge in [-0.1, -0.05) is 20.3 Å². The molecule has 1 aromatic heterocycles. The third-order valence-electron chi connectivity index (χ3n) is 2.96. The molecule has 1 unspecified atom stereocenters. The molecule has 1 heterocycles. The van der Waals surface area contributed by atoms with E-state index in [9.17, 15) is 4.79 Å². The molecule has 0 spiro atoms. The topological polar surface area (TPSA) is 38.3 Å². The number of esters is 1. The zero-order valence-corrected chi connectivity index (χ0v) is 12.3. The zero-order chi connectivity index (χ0) is 13.4. The van der Waals surface area contributed by atoms with Crippen LogP contribution in [0.25, 0.3) is 0 Å². The van der Waals surface area contributed by atoms with Crippen LogP contribution < -0.4 is 5.32 Å². The van der Waals surface area contributed by atoms with Crippen LogP contribution in [0.15, 0.2) is 12.1 Å². The van der Waals surface area contributed by atoms with Crippen molar-refractivity contribution in [2.45, 2.75) is 52.1 Å². The fourth-order valence-electron chi connectivity index (χ4n) is 1.87. The number of carbonyl (C=O) groups is 1. The zero-order valence-electron chi connectivity index (χ0n) is 11.5. The van der Waals surface area contributed by atoms with E-state index in [-0.39, 0.29) is 5.97 Å². The summed E-state index contributed by atoms with van der Waals surface area (Å²) in [6.45, 7) is 5.32. The number of rotatable bonds is 8. The van der Waals surface area contributed by atoms with Gasteiger partial charge in [0.2, 0.25) is 0 Å². The lowest BCUT2D eigenvalue weighted by molar-refractivity contribution is -0.139. The van der Waals surface area contributed by atoms with Gasteiger partial charge in [-0.25, -0.2) is 0 Å². The van der Waals surface area contributed by atoms with E-state index in [1.54, 1.807) is 11.3 Å². The molecule has 3 nitrogen and oxygen atoms in total. The van der Waals surface area contributed by atoms with Crippen LogP contribution in [0.2, 0.25) is 0 Å². The summed E-state index contributed by atoms with van der Waals surface area (Å²) in [6, 6.07) is 4.70. The Morgan fingerprint density at radius 2 is 2.11 bits per heavy atom. The van der Waals surface area contributed by atoms with Gasteiger partial charge in [0, 0.05) is 22.3 Å². The normalized spacial score (nSPS) is 12.4. The summed E-state index contributed by atoms with van der Waals surface area (Å²) >= 11 is 1.68. The minimum atomic E-state index is -0.172. The molecular weight excluding hydrogens is 246 g/mol. The summed E-state index contributed by atoms with van der Waals surface area (Å²) in [5.74, 6) is -0.172. The van der Waals surface area contributed by atoms with Gasteiger partial charge in [0.1, 0.15) is 0 Å². The number of thiophene rings is 1. The molecule has 0 aromatic carbocycles. The van der Waals surface area contributed by atoms with E-state index >= 15 is 0 Å². The number of methoxy groups -OCH3 is 1. The third-order valence-corrected chi connectivity index (χ3v) is 4.04. The Hall–Kier alpha value is -0.870. The minimum absolute atomic E-state index is 0.172. The Balaban J connectivity index is 2.41. The molecule has 102 valence electrons. The highest BCUT2D eigenvalue weighted by Gasteiger charge is 2.08. The smallest absolute Gasteiger partial charge is 0.310 e. The Morgan fingerprint density at radius 3 is 2.72 bits per heavy atom. The molecule has 1 aromatic rings. The van der Waals surface area contributed by atoms with Crippen molar-refractivity contribution in [2.75, 3.05) is 7.11 Å². The molecule has 0 aliphatic carbocycles. The highest BCUT2D eigenvalue weighted by Crippen LogP contribution is 2.17. The molecule has 0 amide bonds. The van der Waals surface area contributed by atoms with Gasteiger partial charge >= 0.3 is 5.97 Å². The number of hydrogen-bond donors (Lipinski definition) is 1.